The Morgan fingerprint density at radius 3 is 2.71 bits per heavy atom. The van der Waals surface area contributed by atoms with Gasteiger partial charge in [-0.25, -0.2) is 0 Å². The first-order chi connectivity index (χ1) is 10.1. The molecule has 21 heavy (non-hydrogen) atoms. The predicted molar refractivity (Wildman–Crippen MR) is 88.8 cm³/mol. The molecule has 3 nitrogen and oxygen atoms in total. The number of benzene rings is 2. The van der Waals surface area contributed by atoms with E-state index in [9.17, 15) is 4.79 Å². The van der Waals surface area contributed by atoms with Crippen molar-refractivity contribution in [2.45, 2.75) is 20.3 Å². The summed E-state index contributed by atoms with van der Waals surface area (Å²) in [6.07, 6.45) is 0.314. The number of halogens is 1. The van der Waals surface area contributed by atoms with Gasteiger partial charge in [-0.15, -0.1) is 0 Å². The fraction of sp³-hybridized carbons (Fsp3) is 0.235. The first-order valence-electron chi connectivity index (χ1n) is 6.80. The van der Waals surface area contributed by atoms with Gasteiger partial charge in [-0.05, 0) is 59.1 Å². The fourth-order valence-corrected chi connectivity index (χ4v) is 2.29. The van der Waals surface area contributed by atoms with Crippen LogP contribution in [0.2, 0.25) is 0 Å². The highest BCUT2D eigenvalue weighted by atomic mass is 79.9. The smallest absolute Gasteiger partial charge is 0.227 e. The molecule has 1 amide bonds. The minimum absolute atomic E-state index is 0.0612. The molecule has 0 saturated carbocycles. The average molecular weight is 348 g/mol. The number of aryl methyl sites for hydroxylation is 2. The van der Waals surface area contributed by atoms with Crippen LogP contribution in [0.5, 0.6) is 5.75 Å². The Morgan fingerprint density at radius 2 is 1.95 bits per heavy atom. The molecular formula is C17H18BrNO2. The molecule has 4 heteroatoms. The Balaban J connectivity index is 1.84. The van der Waals surface area contributed by atoms with E-state index >= 15 is 0 Å². The second-order valence-electron chi connectivity index (χ2n) is 4.90. The number of hydrogen-bond donors (Lipinski definition) is 1. The highest BCUT2D eigenvalue weighted by Gasteiger charge is 2.07. The van der Waals surface area contributed by atoms with Gasteiger partial charge in [0.25, 0.3) is 0 Å². The van der Waals surface area contributed by atoms with Gasteiger partial charge in [0, 0.05) is 4.47 Å². The molecule has 1 N–H and O–H groups in total. The Labute approximate surface area is 133 Å². The third-order valence-corrected chi connectivity index (χ3v) is 4.11. The molecule has 0 aliphatic carbocycles. The van der Waals surface area contributed by atoms with Crippen LogP contribution in [0.3, 0.4) is 0 Å². The maximum absolute atomic E-state index is 11.9. The lowest BCUT2D eigenvalue weighted by atomic mass is 10.2. The molecule has 0 radical (unpaired) electrons. The van der Waals surface area contributed by atoms with Crippen molar-refractivity contribution in [2.24, 2.45) is 0 Å². The second-order valence-corrected chi connectivity index (χ2v) is 5.69. The third-order valence-electron chi connectivity index (χ3n) is 3.05. The van der Waals surface area contributed by atoms with Crippen LogP contribution in [0.1, 0.15) is 17.5 Å². The van der Waals surface area contributed by atoms with E-state index in [0.29, 0.717) is 13.0 Å². The molecule has 0 fully saturated rings. The van der Waals surface area contributed by atoms with E-state index in [1.165, 1.54) is 0 Å². The number of rotatable bonds is 5. The Bertz CT molecular complexity index is 640. The summed E-state index contributed by atoms with van der Waals surface area (Å²) in [5.41, 5.74) is 3.01. The van der Waals surface area contributed by atoms with Gasteiger partial charge >= 0.3 is 0 Å². The van der Waals surface area contributed by atoms with Gasteiger partial charge in [0.15, 0.2) is 0 Å². The zero-order valence-electron chi connectivity index (χ0n) is 12.2. The summed E-state index contributed by atoms with van der Waals surface area (Å²) in [7, 11) is 0. The quantitative estimate of drug-likeness (QED) is 0.866. The van der Waals surface area contributed by atoms with E-state index in [2.05, 4.69) is 21.2 Å². The van der Waals surface area contributed by atoms with Gasteiger partial charge in [-0.1, -0.05) is 24.3 Å². The van der Waals surface area contributed by atoms with Crippen LogP contribution in [0, 0.1) is 13.8 Å². The molecule has 0 atom stereocenters. The van der Waals surface area contributed by atoms with Gasteiger partial charge < -0.3 is 10.1 Å². The van der Waals surface area contributed by atoms with E-state index in [-0.39, 0.29) is 5.91 Å². The Kier molecular flexibility index (Phi) is 5.39. The average Bonchev–Trinajstić information content (AvgIpc) is 2.44. The molecule has 0 spiro atoms. The van der Waals surface area contributed by atoms with Crippen molar-refractivity contribution >= 4 is 27.5 Å². The maximum Gasteiger partial charge on any atom is 0.227 e. The van der Waals surface area contributed by atoms with E-state index in [0.717, 1.165) is 27.0 Å². The van der Waals surface area contributed by atoms with Crippen molar-refractivity contribution in [3.8, 4) is 5.75 Å². The van der Waals surface area contributed by atoms with Gasteiger partial charge in [0.1, 0.15) is 5.75 Å². The summed E-state index contributed by atoms with van der Waals surface area (Å²) in [6, 6.07) is 13.6. The first kappa shape index (κ1) is 15.6. The topological polar surface area (TPSA) is 38.3 Å². The standard InChI is InChI=1S/C17H18BrNO2/c1-12-5-3-7-14(11-12)21-10-9-16(20)19-15-8-4-6-13(2)17(15)18/h3-8,11H,9-10H2,1-2H3,(H,19,20). The highest BCUT2D eigenvalue weighted by Crippen LogP contribution is 2.25. The van der Waals surface area contributed by atoms with Crippen molar-refractivity contribution in [1.29, 1.82) is 0 Å². The normalized spacial score (nSPS) is 10.2. The molecule has 0 unspecified atom stereocenters. The molecule has 0 aliphatic rings. The minimum atomic E-state index is -0.0612. The summed E-state index contributed by atoms with van der Waals surface area (Å²) in [4.78, 5) is 11.9. The molecule has 0 heterocycles. The molecule has 0 aromatic heterocycles. The largest absolute Gasteiger partial charge is 0.493 e. The number of carbonyl (C=O) groups excluding carboxylic acids is 1. The zero-order chi connectivity index (χ0) is 15.2. The van der Waals surface area contributed by atoms with Crippen LogP contribution in [-0.2, 0) is 4.79 Å². The van der Waals surface area contributed by atoms with Crippen molar-refractivity contribution in [3.63, 3.8) is 0 Å². The summed E-state index contributed by atoms with van der Waals surface area (Å²) >= 11 is 3.48. The lowest BCUT2D eigenvalue weighted by molar-refractivity contribution is -0.116. The number of nitrogens with one attached hydrogen (secondary N) is 1. The first-order valence-corrected chi connectivity index (χ1v) is 7.60. The van der Waals surface area contributed by atoms with E-state index in [4.69, 9.17) is 4.74 Å². The number of hydrogen-bond acceptors (Lipinski definition) is 2. The van der Waals surface area contributed by atoms with Gasteiger partial charge in [0.05, 0.1) is 18.7 Å². The SMILES string of the molecule is Cc1cccc(OCCC(=O)Nc2cccc(C)c2Br)c1. The molecule has 0 saturated heterocycles. The Hall–Kier alpha value is -1.81. The van der Waals surface area contributed by atoms with Crippen molar-refractivity contribution in [3.05, 3.63) is 58.1 Å². The van der Waals surface area contributed by atoms with E-state index < -0.39 is 0 Å². The summed E-state index contributed by atoms with van der Waals surface area (Å²) in [5, 5.41) is 2.88. The van der Waals surface area contributed by atoms with Crippen LogP contribution in [0.25, 0.3) is 0 Å². The Morgan fingerprint density at radius 1 is 1.19 bits per heavy atom. The monoisotopic (exact) mass is 347 g/mol. The van der Waals surface area contributed by atoms with Crippen molar-refractivity contribution in [1.82, 2.24) is 0 Å². The van der Waals surface area contributed by atoms with Crippen LogP contribution in [-0.4, -0.2) is 12.5 Å². The zero-order valence-corrected chi connectivity index (χ0v) is 13.7. The molecule has 2 aromatic carbocycles. The molecule has 2 rings (SSSR count). The molecule has 0 aliphatic heterocycles. The van der Waals surface area contributed by atoms with Crippen LogP contribution in [0.15, 0.2) is 46.9 Å². The lowest BCUT2D eigenvalue weighted by Gasteiger charge is -2.10. The molecule has 110 valence electrons. The van der Waals surface area contributed by atoms with Crippen molar-refractivity contribution < 1.29 is 9.53 Å². The summed E-state index contributed by atoms with van der Waals surface area (Å²) in [6.45, 7) is 4.36. The maximum atomic E-state index is 11.9. The predicted octanol–water partition coefficient (Wildman–Crippen LogP) is 4.47. The molecular weight excluding hydrogens is 330 g/mol. The van der Waals surface area contributed by atoms with E-state index in [1.807, 2.05) is 56.3 Å². The van der Waals surface area contributed by atoms with Gasteiger partial charge in [-0.2, -0.15) is 0 Å². The third kappa shape index (κ3) is 4.60. The molecule has 2 aromatic rings. The molecule has 0 bridgehead atoms. The summed E-state index contributed by atoms with van der Waals surface area (Å²) in [5.74, 6) is 0.730. The number of amides is 1. The van der Waals surface area contributed by atoms with Crippen LogP contribution < -0.4 is 10.1 Å². The van der Waals surface area contributed by atoms with Crippen molar-refractivity contribution in [2.75, 3.05) is 11.9 Å². The second kappa shape index (κ2) is 7.27. The number of anilines is 1. The van der Waals surface area contributed by atoms with Gasteiger partial charge in [-0.3, -0.25) is 4.79 Å². The fourth-order valence-electron chi connectivity index (χ4n) is 1.92. The van der Waals surface area contributed by atoms with Crippen LogP contribution in [0.4, 0.5) is 5.69 Å². The van der Waals surface area contributed by atoms with E-state index in [1.54, 1.807) is 0 Å². The summed E-state index contributed by atoms with van der Waals surface area (Å²) < 4.78 is 6.49. The highest BCUT2D eigenvalue weighted by molar-refractivity contribution is 9.10. The number of ether oxygens (including phenoxy) is 1. The van der Waals surface area contributed by atoms with Crippen LogP contribution >= 0.6 is 15.9 Å². The minimum Gasteiger partial charge on any atom is -0.493 e. The van der Waals surface area contributed by atoms with Gasteiger partial charge in [0.2, 0.25) is 5.91 Å². The lowest BCUT2D eigenvalue weighted by Crippen LogP contribution is -2.15. The number of carbonyl (C=O) groups is 1.